The summed E-state index contributed by atoms with van der Waals surface area (Å²) in [6.07, 6.45) is 0.402. The smallest absolute Gasteiger partial charge is 0.410 e. The molecule has 3 aliphatic heterocycles. The number of ether oxygens (including phenoxy) is 4. The molecule has 1 atom stereocenters. The zero-order valence-electron chi connectivity index (χ0n) is 25.0. The fourth-order valence-electron chi connectivity index (χ4n) is 5.84. The van der Waals surface area contributed by atoms with Crippen molar-refractivity contribution in [3.63, 3.8) is 0 Å². The molecule has 1 aromatic carbocycles. The molecule has 0 saturated carbocycles. The van der Waals surface area contributed by atoms with Crippen LogP contribution in [0.4, 0.5) is 4.79 Å². The molecule has 43 heavy (non-hydrogen) atoms. The van der Waals surface area contributed by atoms with Crippen molar-refractivity contribution < 1.29 is 33.6 Å². The lowest BCUT2D eigenvalue weighted by Gasteiger charge is -2.31. The average molecular weight is 593 g/mol. The van der Waals surface area contributed by atoms with Crippen LogP contribution in [0.2, 0.25) is 0 Å². The lowest BCUT2D eigenvalue weighted by Crippen LogP contribution is -2.44. The highest BCUT2D eigenvalue weighted by Crippen LogP contribution is 2.43. The number of hydrogen-bond donors (Lipinski definition) is 2. The van der Waals surface area contributed by atoms with E-state index >= 15 is 0 Å². The van der Waals surface area contributed by atoms with Crippen LogP contribution in [0, 0.1) is 0 Å². The largest absolute Gasteiger partial charge is 0.458 e. The second-order valence-corrected chi connectivity index (χ2v) is 12.2. The molecule has 0 unspecified atom stereocenters. The topological polar surface area (TPSA) is 141 Å². The van der Waals surface area contributed by atoms with Crippen LogP contribution < -0.4 is 20.3 Å². The molecule has 228 valence electrons. The van der Waals surface area contributed by atoms with Crippen LogP contribution in [0.15, 0.2) is 23.0 Å². The summed E-state index contributed by atoms with van der Waals surface area (Å²) in [5.74, 6) is 0.459. The highest BCUT2D eigenvalue weighted by Gasteiger charge is 2.45. The highest BCUT2D eigenvalue weighted by molar-refractivity contribution is 5.91. The predicted octanol–water partition coefficient (Wildman–Crippen LogP) is 3.15. The van der Waals surface area contributed by atoms with E-state index in [4.69, 9.17) is 23.9 Å². The van der Waals surface area contributed by atoms with Gasteiger partial charge in [-0.2, -0.15) is 0 Å². The van der Waals surface area contributed by atoms with Gasteiger partial charge in [-0.25, -0.2) is 14.6 Å². The molecule has 2 aromatic heterocycles. The summed E-state index contributed by atoms with van der Waals surface area (Å²) < 4.78 is 23.5. The van der Waals surface area contributed by atoms with Gasteiger partial charge in [-0.1, -0.05) is 6.92 Å². The molecule has 2 N–H and O–H groups in total. The molecule has 12 heteroatoms. The first-order chi connectivity index (χ1) is 20.4. The third-order valence-electron chi connectivity index (χ3n) is 8.15. The highest BCUT2D eigenvalue weighted by atomic mass is 16.7. The number of aliphatic hydroxyl groups is 1. The SMILES string of the molecule is CC[C@@]1(O)C(=O)OCc2c1cc1n(c2=O)Cc2c-1nc1cc3c(cc1c2CNCCCN(C)C(=O)OC(C)(C)C)OCO3. The van der Waals surface area contributed by atoms with Crippen LogP contribution in [-0.4, -0.2) is 64.2 Å². The van der Waals surface area contributed by atoms with Crippen molar-refractivity contribution in [2.45, 2.75) is 71.4 Å². The molecule has 0 spiro atoms. The number of nitrogens with one attached hydrogen (secondary N) is 1. The van der Waals surface area contributed by atoms with E-state index in [1.165, 1.54) is 0 Å². The first-order valence-electron chi connectivity index (χ1n) is 14.5. The first-order valence-corrected chi connectivity index (χ1v) is 14.5. The van der Waals surface area contributed by atoms with E-state index in [2.05, 4.69) is 5.32 Å². The molecule has 0 bridgehead atoms. The number of fused-ring (bicyclic) bond motifs is 6. The van der Waals surface area contributed by atoms with E-state index in [0.29, 0.717) is 54.5 Å². The lowest BCUT2D eigenvalue weighted by atomic mass is 9.86. The van der Waals surface area contributed by atoms with Crippen molar-refractivity contribution in [1.29, 1.82) is 0 Å². The fraction of sp³-hybridized carbons (Fsp3) is 0.484. The van der Waals surface area contributed by atoms with Crippen LogP contribution in [-0.2, 0) is 39.6 Å². The number of hydrogen-bond acceptors (Lipinski definition) is 10. The van der Waals surface area contributed by atoms with Gasteiger partial charge in [-0.05, 0) is 57.9 Å². The summed E-state index contributed by atoms with van der Waals surface area (Å²) in [6, 6.07) is 5.45. The Morgan fingerprint density at radius 3 is 2.63 bits per heavy atom. The van der Waals surface area contributed by atoms with Gasteiger partial charge in [0.2, 0.25) is 6.79 Å². The van der Waals surface area contributed by atoms with Gasteiger partial charge in [0.1, 0.15) is 12.2 Å². The van der Waals surface area contributed by atoms with E-state index in [1.54, 1.807) is 29.5 Å². The second-order valence-electron chi connectivity index (χ2n) is 12.2. The van der Waals surface area contributed by atoms with Crippen molar-refractivity contribution >= 4 is 23.0 Å². The molecule has 5 heterocycles. The standard InChI is InChI=1S/C31H36N4O8/c1-6-31(39)21-11-23-26-19(14-35(23)27(36)20(21)15-40-28(31)37)18(17-10-24-25(42-16-41-24)12-22(17)33-26)13-32-8-7-9-34(5)29(38)43-30(2,3)4/h10-12,32,39H,6-9,13-16H2,1-5H3/t31-/m0/s1. The normalized spacial score (nSPS) is 18.2. The minimum absolute atomic E-state index is 0.0709. The van der Waals surface area contributed by atoms with Gasteiger partial charge in [0.25, 0.3) is 5.56 Å². The third-order valence-corrected chi connectivity index (χ3v) is 8.15. The molecule has 3 aliphatic rings. The van der Waals surface area contributed by atoms with E-state index in [9.17, 15) is 19.5 Å². The number of benzene rings is 1. The first kappa shape index (κ1) is 28.9. The molecule has 1 amide bonds. The van der Waals surface area contributed by atoms with Crippen LogP contribution in [0.1, 0.15) is 62.8 Å². The zero-order valence-corrected chi connectivity index (χ0v) is 25.0. The Hall–Kier alpha value is -4.16. The minimum atomic E-state index is -1.90. The maximum Gasteiger partial charge on any atom is 0.410 e. The lowest BCUT2D eigenvalue weighted by molar-refractivity contribution is -0.172. The van der Waals surface area contributed by atoms with Gasteiger partial charge in [-0.15, -0.1) is 0 Å². The van der Waals surface area contributed by atoms with E-state index < -0.39 is 17.2 Å². The van der Waals surface area contributed by atoms with Crippen LogP contribution in [0.25, 0.3) is 22.3 Å². The van der Waals surface area contributed by atoms with Gasteiger partial charge in [-0.3, -0.25) is 4.79 Å². The number of amides is 1. The number of pyridine rings is 2. The summed E-state index contributed by atoms with van der Waals surface area (Å²) in [5, 5.41) is 15.6. The van der Waals surface area contributed by atoms with Crippen molar-refractivity contribution in [3.8, 4) is 22.9 Å². The number of aromatic nitrogens is 2. The minimum Gasteiger partial charge on any atom is -0.458 e. The van der Waals surface area contributed by atoms with Crippen LogP contribution >= 0.6 is 0 Å². The Balaban J connectivity index is 1.33. The fourth-order valence-corrected chi connectivity index (χ4v) is 5.84. The molecular weight excluding hydrogens is 556 g/mol. The maximum absolute atomic E-state index is 13.7. The summed E-state index contributed by atoms with van der Waals surface area (Å²) in [5.41, 5.74) is 1.44. The van der Waals surface area contributed by atoms with Crippen LogP contribution in [0.5, 0.6) is 11.5 Å². The zero-order chi connectivity index (χ0) is 30.7. The van der Waals surface area contributed by atoms with Gasteiger partial charge in [0.05, 0.1) is 29.0 Å². The number of carbonyl (C=O) groups is 2. The van der Waals surface area contributed by atoms with Gasteiger partial charge >= 0.3 is 12.1 Å². The number of esters is 1. The monoisotopic (exact) mass is 592 g/mol. The van der Waals surface area contributed by atoms with Gasteiger partial charge in [0.15, 0.2) is 17.1 Å². The van der Waals surface area contributed by atoms with Crippen molar-refractivity contribution in [1.82, 2.24) is 19.8 Å². The Kier molecular flexibility index (Phi) is 7.09. The second kappa shape index (κ2) is 10.5. The molecule has 6 rings (SSSR count). The average Bonchev–Trinajstić information content (AvgIpc) is 3.57. The summed E-state index contributed by atoms with van der Waals surface area (Å²) in [6.45, 7) is 9.03. The number of nitrogens with zero attached hydrogens (tertiary/aromatic N) is 3. The summed E-state index contributed by atoms with van der Waals surface area (Å²) in [4.78, 5) is 45.1. The molecular formula is C31H36N4O8. The number of carbonyl (C=O) groups excluding carboxylic acids is 2. The molecule has 0 radical (unpaired) electrons. The van der Waals surface area contributed by atoms with E-state index in [0.717, 1.165) is 16.5 Å². The molecule has 0 saturated heterocycles. The molecule has 12 nitrogen and oxygen atoms in total. The Morgan fingerprint density at radius 2 is 1.91 bits per heavy atom. The number of cyclic esters (lactones) is 1. The number of rotatable bonds is 7. The van der Waals surface area contributed by atoms with Crippen molar-refractivity contribution in [2.75, 3.05) is 26.9 Å². The summed E-state index contributed by atoms with van der Waals surface area (Å²) in [7, 11) is 1.72. The van der Waals surface area contributed by atoms with Gasteiger partial charge in [0, 0.05) is 42.7 Å². The Bertz CT molecular complexity index is 1710. The van der Waals surface area contributed by atoms with E-state index in [1.807, 2.05) is 32.9 Å². The van der Waals surface area contributed by atoms with Gasteiger partial charge < -0.3 is 38.8 Å². The van der Waals surface area contributed by atoms with Crippen molar-refractivity contribution in [2.24, 2.45) is 0 Å². The quantitative estimate of drug-likeness (QED) is 0.243. The Morgan fingerprint density at radius 1 is 1.16 bits per heavy atom. The Labute approximate surface area is 248 Å². The summed E-state index contributed by atoms with van der Waals surface area (Å²) >= 11 is 0. The third kappa shape index (κ3) is 4.98. The maximum atomic E-state index is 13.7. The molecule has 3 aromatic rings. The van der Waals surface area contributed by atoms with Crippen molar-refractivity contribution in [3.05, 3.63) is 50.8 Å². The van der Waals surface area contributed by atoms with Crippen LogP contribution in [0.3, 0.4) is 0 Å². The predicted molar refractivity (Wildman–Crippen MR) is 156 cm³/mol. The van der Waals surface area contributed by atoms with E-state index in [-0.39, 0.29) is 49.1 Å². The molecule has 0 fully saturated rings. The molecule has 0 aliphatic carbocycles.